The predicted molar refractivity (Wildman–Crippen MR) is 65.8 cm³/mol. The summed E-state index contributed by atoms with van der Waals surface area (Å²) >= 11 is 0. The Morgan fingerprint density at radius 1 is 1.41 bits per heavy atom. The van der Waals surface area contributed by atoms with Gasteiger partial charge in [-0.05, 0) is 38.3 Å². The van der Waals surface area contributed by atoms with Gasteiger partial charge in [0.15, 0.2) is 0 Å². The van der Waals surface area contributed by atoms with Gasteiger partial charge in [0.25, 0.3) is 0 Å². The van der Waals surface area contributed by atoms with Crippen LogP contribution < -0.4 is 5.32 Å². The van der Waals surface area contributed by atoms with E-state index in [1.54, 1.807) is 0 Å². The standard InChI is InChI=1S/C13H21N3O/c17-9-11-1-2-13-15-12(8-16(13)7-11)5-10-3-4-14-6-10/h8,10-11,14,17H,1-7,9H2. The van der Waals surface area contributed by atoms with Gasteiger partial charge < -0.3 is 15.0 Å². The summed E-state index contributed by atoms with van der Waals surface area (Å²) in [6.07, 6.45) is 6.69. The molecule has 1 aromatic heterocycles. The van der Waals surface area contributed by atoms with Gasteiger partial charge in [-0.25, -0.2) is 4.98 Å². The molecule has 1 aromatic rings. The summed E-state index contributed by atoms with van der Waals surface area (Å²) in [6, 6.07) is 0. The van der Waals surface area contributed by atoms with E-state index in [-0.39, 0.29) is 0 Å². The second-order valence-corrected chi connectivity index (χ2v) is 5.45. The molecule has 2 N–H and O–H groups in total. The third-order valence-electron chi connectivity index (χ3n) is 4.06. The lowest BCUT2D eigenvalue weighted by Gasteiger charge is -2.21. The number of aromatic nitrogens is 2. The smallest absolute Gasteiger partial charge is 0.108 e. The van der Waals surface area contributed by atoms with Gasteiger partial charge in [-0.1, -0.05) is 0 Å². The topological polar surface area (TPSA) is 50.1 Å². The fourth-order valence-electron chi connectivity index (χ4n) is 3.01. The van der Waals surface area contributed by atoms with Crippen molar-refractivity contribution in [2.24, 2.45) is 11.8 Å². The Hall–Kier alpha value is -0.870. The number of aliphatic hydroxyl groups is 1. The Bertz CT molecular complexity index is 382. The van der Waals surface area contributed by atoms with E-state index in [1.165, 1.54) is 17.9 Å². The van der Waals surface area contributed by atoms with Crippen LogP contribution in [0.2, 0.25) is 0 Å². The highest BCUT2D eigenvalue weighted by atomic mass is 16.3. The zero-order valence-corrected chi connectivity index (χ0v) is 10.2. The Morgan fingerprint density at radius 2 is 2.35 bits per heavy atom. The van der Waals surface area contributed by atoms with Crippen molar-refractivity contribution in [3.63, 3.8) is 0 Å². The number of aliphatic hydroxyl groups excluding tert-OH is 1. The van der Waals surface area contributed by atoms with Gasteiger partial charge in [-0.15, -0.1) is 0 Å². The first-order chi connectivity index (χ1) is 8.35. The van der Waals surface area contributed by atoms with E-state index in [9.17, 15) is 5.11 Å². The molecule has 94 valence electrons. The van der Waals surface area contributed by atoms with Crippen LogP contribution in [0.3, 0.4) is 0 Å². The second-order valence-electron chi connectivity index (χ2n) is 5.45. The molecule has 17 heavy (non-hydrogen) atoms. The minimum absolute atomic E-state index is 0.305. The molecule has 4 nitrogen and oxygen atoms in total. The molecule has 2 aliphatic heterocycles. The maximum Gasteiger partial charge on any atom is 0.108 e. The average molecular weight is 235 g/mol. The molecular formula is C13H21N3O. The van der Waals surface area contributed by atoms with Crippen LogP contribution in [0.25, 0.3) is 0 Å². The molecule has 1 saturated heterocycles. The Labute approximate surface area is 102 Å². The summed E-state index contributed by atoms with van der Waals surface area (Å²) in [5, 5.41) is 12.6. The van der Waals surface area contributed by atoms with Crippen molar-refractivity contribution in [1.82, 2.24) is 14.9 Å². The van der Waals surface area contributed by atoms with Crippen LogP contribution in [-0.2, 0) is 19.4 Å². The lowest BCUT2D eigenvalue weighted by molar-refractivity contribution is 0.190. The number of rotatable bonds is 3. The van der Waals surface area contributed by atoms with Crippen molar-refractivity contribution >= 4 is 0 Å². The van der Waals surface area contributed by atoms with Gasteiger partial charge in [-0.3, -0.25) is 0 Å². The minimum Gasteiger partial charge on any atom is -0.396 e. The molecule has 0 amide bonds. The summed E-state index contributed by atoms with van der Waals surface area (Å²) in [7, 11) is 0. The van der Waals surface area contributed by atoms with E-state index in [0.29, 0.717) is 12.5 Å². The Kier molecular flexibility index (Phi) is 3.16. The largest absolute Gasteiger partial charge is 0.396 e. The van der Waals surface area contributed by atoms with Gasteiger partial charge in [-0.2, -0.15) is 0 Å². The Balaban J connectivity index is 1.69. The molecular weight excluding hydrogens is 214 g/mol. The van der Waals surface area contributed by atoms with Crippen LogP contribution in [0, 0.1) is 11.8 Å². The maximum absolute atomic E-state index is 9.21. The predicted octanol–water partition coefficient (Wildman–Crippen LogP) is 0.590. The van der Waals surface area contributed by atoms with E-state index in [0.717, 1.165) is 44.8 Å². The summed E-state index contributed by atoms with van der Waals surface area (Å²) in [4.78, 5) is 4.74. The normalized spacial score (nSPS) is 28.3. The van der Waals surface area contributed by atoms with Crippen LogP contribution in [0.1, 0.15) is 24.4 Å². The Morgan fingerprint density at radius 3 is 3.12 bits per heavy atom. The number of fused-ring (bicyclic) bond motifs is 1. The third kappa shape index (κ3) is 2.38. The summed E-state index contributed by atoms with van der Waals surface area (Å²) in [6.45, 7) is 3.55. The highest BCUT2D eigenvalue weighted by Gasteiger charge is 2.21. The number of aryl methyl sites for hydroxylation is 1. The molecule has 3 heterocycles. The van der Waals surface area contributed by atoms with Gasteiger partial charge in [0.2, 0.25) is 0 Å². The van der Waals surface area contributed by atoms with Crippen molar-refractivity contribution in [1.29, 1.82) is 0 Å². The molecule has 0 bridgehead atoms. The minimum atomic E-state index is 0.305. The van der Waals surface area contributed by atoms with Crippen molar-refractivity contribution in [2.45, 2.75) is 32.2 Å². The van der Waals surface area contributed by atoms with Crippen molar-refractivity contribution in [3.8, 4) is 0 Å². The SMILES string of the molecule is OCC1CCc2nc(CC3CCNC3)cn2C1. The zero-order chi connectivity index (χ0) is 11.7. The number of hydrogen-bond donors (Lipinski definition) is 2. The number of imidazole rings is 1. The van der Waals surface area contributed by atoms with Gasteiger partial charge in [0.1, 0.15) is 5.82 Å². The lowest BCUT2D eigenvalue weighted by Crippen LogP contribution is -2.22. The van der Waals surface area contributed by atoms with Gasteiger partial charge in [0.05, 0.1) is 5.69 Å². The fourth-order valence-corrected chi connectivity index (χ4v) is 3.01. The van der Waals surface area contributed by atoms with Crippen molar-refractivity contribution < 1.29 is 5.11 Å². The molecule has 0 aromatic carbocycles. The highest BCUT2D eigenvalue weighted by Crippen LogP contribution is 2.21. The van der Waals surface area contributed by atoms with E-state index in [4.69, 9.17) is 4.98 Å². The maximum atomic E-state index is 9.21. The molecule has 0 saturated carbocycles. The van der Waals surface area contributed by atoms with Crippen molar-refractivity contribution in [2.75, 3.05) is 19.7 Å². The first-order valence-electron chi connectivity index (χ1n) is 6.71. The molecule has 0 radical (unpaired) electrons. The number of hydrogen-bond acceptors (Lipinski definition) is 3. The highest BCUT2D eigenvalue weighted by molar-refractivity contribution is 5.08. The van der Waals surface area contributed by atoms with E-state index in [2.05, 4.69) is 16.1 Å². The van der Waals surface area contributed by atoms with Crippen LogP contribution in [0.4, 0.5) is 0 Å². The fraction of sp³-hybridized carbons (Fsp3) is 0.769. The van der Waals surface area contributed by atoms with Crippen LogP contribution in [-0.4, -0.2) is 34.4 Å². The molecule has 0 aliphatic carbocycles. The number of nitrogens with zero attached hydrogens (tertiary/aromatic N) is 2. The molecule has 2 atom stereocenters. The molecule has 2 unspecified atom stereocenters. The van der Waals surface area contributed by atoms with Gasteiger partial charge >= 0.3 is 0 Å². The van der Waals surface area contributed by atoms with Crippen LogP contribution in [0.15, 0.2) is 6.20 Å². The average Bonchev–Trinajstić information content (AvgIpc) is 2.96. The molecule has 4 heteroatoms. The molecule has 1 fully saturated rings. The summed E-state index contributed by atoms with van der Waals surface area (Å²) in [5.41, 5.74) is 1.24. The summed E-state index contributed by atoms with van der Waals surface area (Å²) in [5.74, 6) is 2.41. The number of nitrogens with one attached hydrogen (secondary N) is 1. The monoisotopic (exact) mass is 235 g/mol. The van der Waals surface area contributed by atoms with Gasteiger partial charge in [0, 0.05) is 31.7 Å². The zero-order valence-electron chi connectivity index (χ0n) is 10.2. The van der Waals surface area contributed by atoms with E-state index >= 15 is 0 Å². The van der Waals surface area contributed by atoms with Crippen LogP contribution >= 0.6 is 0 Å². The lowest BCUT2D eigenvalue weighted by atomic mass is 10.0. The first kappa shape index (κ1) is 11.2. The quantitative estimate of drug-likeness (QED) is 0.806. The third-order valence-corrected chi connectivity index (χ3v) is 4.06. The van der Waals surface area contributed by atoms with E-state index < -0.39 is 0 Å². The molecule has 3 rings (SSSR count). The first-order valence-corrected chi connectivity index (χ1v) is 6.71. The van der Waals surface area contributed by atoms with E-state index in [1.807, 2.05) is 0 Å². The summed E-state index contributed by atoms with van der Waals surface area (Å²) < 4.78 is 2.25. The second kappa shape index (κ2) is 4.78. The molecule has 2 aliphatic rings. The van der Waals surface area contributed by atoms with Crippen LogP contribution in [0.5, 0.6) is 0 Å². The molecule has 0 spiro atoms. The van der Waals surface area contributed by atoms with Crippen molar-refractivity contribution in [3.05, 3.63) is 17.7 Å².